The summed E-state index contributed by atoms with van der Waals surface area (Å²) in [5.74, 6) is 1.96. The molecule has 3 heterocycles. The number of hydrogen-bond donors (Lipinski definition) is 0. The molecule has 0 radical (unpaired) electrons. The Morgan fingerprint density at radius 3 is 1.43 bits per heavy atom. The van der Waals surface area contributed by atoms with E-state index in [1.807, 2.05) is 91.1 Å². The van der Waals surface area contributed by atoms with Crippen LogP contribution in [0, 0.1) is 0 Å². The third-order valence-electron chi connectivity index (χ3n) is 7.82. The zero-order valence-corrected chi connectivity index (χ0v) is 23.7. The van der Waals surface area contributed by atoms with Gasteiger partial charge in [-0.3, -0.25) is 9.97 Å². The Morgan fingerprint density at radius 2 is 0.864 bits per heavy atom. The van der Waals surface area contributed by atoms with Gasteiger partial charge in [0.15, 0.2) is 17.5 Å². The van der Waals surface area contributed by atoms with Crippen molar-refractivity contribution in [2.75, 3.05) is 0 Å². The summed E-state index contributed by atoms with van der Waals surface area (Å²) in [5.41, 5.74) is 6.79. The van der Waals surface area contributed by atoms with E-state index in [1.165, 1.54) is 16.2 Å². The van der Waals surface area contributed by atoms with Crippen LogP contribution in [0.15, 0.2) is 152 Å². The fourth-order valence-electron chi connectivity index (χ4n) is 5.56. The van der Waals surface area contributed by atoms with Crippen molar-refractivity contribution in [1.82, 2.24) is 24.9 Å². The Kier molecular flexibility index (Phi) is 6.39. The second kappa shape index (κ2) is 11.0. The quantitative estimate of drug-likeness (QED) is 0.195. The molecule has 0 saturated carbocycles. The Morgan fingerprint density at radius 1 is 0.341 bits per heavy atom. The van der Waals surface area contributed by atoms with Crippen molar-refractivity contribution >= 4 is 21.5 Å². The summed E-state index contributed by atoms with van der Waals surface area (Å²) >= 11 is 0. The first-order chi connectivity index (χ1) is 21.8. The number of hydrogen-bond acceptors (Lipinski definition) is 5. The zero-order chi connectivity index (χ0) is 29.3. The van der Waals surface area contributed by atoms with Crippen LogP contribution in [0.5, 0.6) is 0 Å². The average Bonchev–Trinajstić information content (AvgIpc) is 3.12. The summed E-state index contributed by atoms with van der Waals surface area (Å²) in [7, 11) is 0. The summed E-state index contributed by atoms with van der Waals surface area (Å²) in [6, 6.07) is 47.5. The lowest BCUT2D eigenvalue weighted by Crippen LogP contribution is -2.00. The van der Waals surface area contributed by atoms with E-state index in [2.05, 4.69) is 64.6 Å². The molecular weight excluding hydrogens is 538 g/mol. The third-order valence-corrected chi connectivity index (χ3v) is 7.82. The molecule has 5 heteroatoms. The normalized spacial score (nSPS) is 11.2. The molecule has 8 rings (SSSR count). The van der Waals surface area contributed by atoms with E-state index in [4.69, 9.17) is 15.0 Å². The highest BCUT2D eigenvalue weighted by Gasteiger charge is 2.13. The molecule has 0 unspecified atom stereocenters. The number of pyridine rings is 2. The number of fused-ring (bicyclic) bond motifs is 3. The molecule has 0 aliphatic heterocycles. The van der Waals surface area contributed by atoms with E-state index < -0.39 is 0 Å². The molecule has 0 aliphatic carbocycles. The van der Waals surface area contributed by atoms with Crippen LogP contribution in [0.3, 0.4) is 0 Å². The molecule has 0 fully saturated rings. The fraction of sp³-hybridized carbons (Fsp3) is 0. The molecular formula is C39H25N5. The van der Waals surface area contributed by atoms with Gasteiger partial charge >= 0.3 is 0 Å². The topological polar surface area (TPSA) is 64.5 Å². The third kappa shape index (κ3) is 4.86. The van der Waals surface area contributed by atoms with Crippen LogP contribution in [0.1, 0.15) is 0 Å². The molecule has 5 nitrogen and oxygen atoms in total. The van der Waals surface area contributed by atoms with Gasteiger partial charge in [-0.1, -0.05) is 109 Å². The molecule has 8 aromatic rings. The predicted octanol–water partition coefficient (Wildman–Crippen LogP) is 9.30. The molecule has 206 valence electrons. The van der Waals surface area contributed by atoms with Crippen molar-refractivity contribution in [3.05, 3.63) is 152 Å². The largest absolute Gasteiger partial charge is 0.255 e. The Labute approximate surface area is 254 Å². The lowest BCUT2D eigenvalue weighted by molar-refractivity contribution is 1.07. The lowest BCUT2D eigenvalue weighted by atomic mass is 9.97. The lowest BCUT2D eigenvalue weighted by Gasteiger charge is -2.11. The van der Waals surface area contributed by atoms with Gasteiger partial charge in [-0.25, -0.2) is 15.0 Å². The first-order valence-corrected chi connectivity index (χ1v) is 14.5. The van der Waals surface area contributed by atoms with Gasteiger partial charge in [-0.2, -0.15) is 0 Å². The molecule has 44 heavy (non-hydrogen) atoms. The Hall–Kier alpha value is -6.07. The van der Waals surface area contributed by atoms with Gasteiger partial charge in [-0.15, -0.1) is 0 Å². The zero-order valence-electron chi connectivity index (χ0n) is 23.7. The molecule has 0 aliphatic rings. The first kappa shape index (κ1) is 25.6. The molecule has 5 aromatic carbocycles. The van der Waals surface area contributed by atoms with Crippen molar-refractivity contribution < 1.29 is 0 Å². The van der Waals surface area contributed by atoms with E-state index in [-0.39, 0.29) is 0 Å². The molecule has 0 amide bonds. The second-order valence-electron chi connectivity index (χ2n) is 10.6. The minimum Gasteiger partial charge on any atom is -0.255 e. The van der Waals surface area contributed by atoms with Gasteiger partial charge < -0.3 is 0 Å². The standard InChI is InChI=1S/C39H25N5/c1-3-9-26(10-4-1)37-42-38(27-11-5-2-6-12-27)44-39(43-37)31-17-20-34-30(24-31)15-14-29-23-28(16-19-33(29)34)32-18-21-36(41-25-32)35-13-7-8-22-40-35/h1-25H. The predicted molar refractivity (Wildman–Crippen MR) is 178 cm³/mol. The SMILES string of the molecule is c1ccc(-c2nc(-c3ccccc3)nc(-c3ccc4c(ccc5cc(-c6ccc(-c7ccccn7)nc6)ccc54)c3)n2)cc1. The maximum atomic E-state index is 4.91. The van der Waals surface area contributed by atoms with Crippen LogP contribution in [0.4, 0.5) is 0 Å². The minimum absolute atomic E-state index is 0.650. The Bertz CT molecular complexity index is 2190. The van der Waals surface area contributed by atoms with Gasteiger partial charge in [0, 0.05) is 34.6 Å². The molecule has 0 spiro atoms. The average molecular weight is 564 g/mol. The highest BCUT2D eigenvalue weighted by atomic mass is 15.0. The maximum absolute atomic E-state index is 4.91. The van der Waals surface area contributed by atoms with E-state index in [9.17, 15) is 0 Å². The number of rotatable bonds is 5. The molecule has 0 N–H and O–H groups in total. The van der Waals surface area contributed by atoms with E-state index in [1.54, 1.807) is 6.20 Å². The second-order valence-corrected chi connectivity index (χ2v) is 10.6. The summed E-state index contributed by atoms with van der Waals surface area (Å²) in [6.45, 7) is 0. The van der Waals surface area contributed by atoms with Crippen molar-refractivity contribution in [3.8, 4) is 56.7 Å². The molecule has 0 bridgehead atoms. The number of aromatic nitrogens is 5. The van der Waals surface area contributed by atoms with Crippen LogP contribution in [0.25, 0.3) is 78.2 Å². The smallest absolute Gasteiger partial charge is 0.164 e. The minimum atomic E-state index is 0.650. The highest BCUT2D eigenvalue weighted by Crippen LogP contribution is 2.33. The van der Waals surface area contributed by atoms with Crippen LogP contribution < -0.4 is 0 Å². The highest BCUT2D eigenvalue weighted by molar-refractivity contribution is 6.09. The first-order valence-electron chi connectivity index (χ1n) is 14.5. The monoisotopic (exact) mass is 563 g/mol. The molecule has 3 aromatic heterocycles. The van der Waals surface area contributed by atoms with Crippen LogP contribution in [-0.4, -0.2) is 24.9 Å². The molecule has 0 atom stereocenters. The van der Waals surface area contributed by atoms with E-state index in [0.717, 1.165) is 44.6 Å². The fourth-order valence-corrected chi connectivity index (χ4v) is 5.56. The summed E-state index contributed by atoms with van der Waals surface area (Å²) in [6.07, 6.45) is 3.70. The summed E-state index contributed by atoms with van der Waals surface area (Å²) in [4.78, 5) is 23.7. The van der Waals surface area contributed by atoms with E-state index >= 15 is 0 Å². The van der Waals surface area contributed by atoms with Crippen molar-refractivity contribution in [3.63, 3.8) is 0 Å². The van der Waals surface area contributed by atoms with Gasteiger partial charge in [0.1, 0.15) is 0 Å². The maximum Gasteiger partial charge on any atom is 0.164 e. The van der Waals surface area contributed by atoms with Gasteiger partial charge in [0.2, 0.25) is 0 Å². The van der Waals surface area contributed by atoms with Crippen LogP contribution in [-0.2, 0) is 0 Å². The van der Waals surface area contributed by atoms with Gasteiger partial charge in [0.05, 0.1) is 11.4 Å². The van der Waals surface area contributed by atoms with Crippen molar-refractivity contribution in [2.24, 2.45) is 0 Å². The Balaban J connectivity index is 1.17. The summed E-state index contributed by atoms with van der Waals surface area (Å²) in [5, 5.41) is 4.69. The van der Waals surface area contributed by atoms with Gasteiger partial charge in [0.25, 0.3) is 0 Å². The van der Waals surface area contributed by atoms with Crippen LogP contribution in [0.2, 0.25) is 0 Å². The van der Waals surface area contributed by atoms with Crippen molar-refractivity contribution in [1.29, 1.82) is 0 Å². The van der Waals surface area contributed by atoms with Crippen LogP contribution >= 0.6 is 0 Å². The number of nitrogens with zero attached hydrogens (tertiary/aromatic N) is 5. The van der Waals surface area contributed by atoms with E-state index in [0.29, 0.717) is 17.5 Å². The molecule has 0 saturated heterocycles. The van der Waals surface area contributed by atoms with Gasteiger partial charge in [-0.05, 0) is 57.4 Å². The number of benzene rings is 5. The summed E-state index contributed by atoms with van der Waals surface area (Å²) < 4.78 is 0. The van der Waals surface area contributed by atoms with Crippen molar-refractivity contribution in [2.45, 2.75) is 0 Å².